The molecule has 77 heavy (non-hydrogen) atoms. The van der Waals surface area contributed by atoms with Crippen LogP contribution in [-0.4, -0.2) is 135 Å². The lowest BCUT2D eigenvalue weighted by molar-refractivity contribution is -0.139. The summed E-state index contributed by atoms with van der Waals surface area (Å²) < 4.78 is 22.5. The minimum atomic E-state index is -1.36. The molecule has 3 atom stereocenters. The second kappa shape index (κ2) is 28.7. The number of unbranched alkanes of at least 4 members (excludes halogenated alkanes) is 2. The lowest BCUT2D eigenvalue weighted by Crippen LogP contribution is -2.49. The molecule has 3 heterocycles. The van der Waals surface area contributed by atoms with Gasteiger partial charge in [0, 0.05) is 82.4 Å². The summed E-state index contributed by atoms with van der Waals surface area (Å²) in [6, 6.07) is 8.33. The highest BCUT2D eigenvalue weighted by molar-refractivity contribution is 6.09. The summed E-state index contributed by atoms with van der Waals surface area (Å²) in [6.45, 7) is 10.9. The van der Waals surface area contributed by atoms with Gasteiger partial charge in [-0.15, -0.1) is 5.10 Å². The molecule has 7 N–H and O–H groups in total. The molecule has 2 aliphatic rings. The van der Waals surface area contributed by atoms with E-state index in [1.807, 2.05) is 27.7 Å². The number of piperazine rings is 1. The van der Waals surface area contributed by atoms with Crippen LogP contribution >= 0.6 is 0 Å². The molecule has 8 amide bonds. The van der Waals surface area contributed by atoms with E-state index in [1.54, 1.807) is 42.3 Å². The van der Waals surface area contributed by atoms with Crippen LogP contribution < -0.4 is 36.8 Å². The smallest absolute Gasteiger partial charge is 0.410 e. The molecule has 5 rings (SSSR count). The standard InChI is InChI=1S/C53H71FN12O11/c1-7-62(8-2)42-29-43(38(54)28-37(42)44(67)30-48(71)72)63-23-25-64(26-24-63)53(76)77-32-35-15-17-36(18-16-35)57-51(74)41(13-12-21-56-52(55)75)66-31-40(60-61-66)49(34(5)6)59-50(73)39(27-33(3)4)58-45(68)14-10-9-11-22-65-46(69)19-20-47(65)70/h1,15-18,28-29,31,33-34,39,41,49H,8-14,19-27,30,32H2,2-6H3,(H,57,74)(H,58,68)(H,59,73)(H,71,72)(H3,55,56,75)/t39-,41-,49?/m0/s1. The number of Topliss-reactive ketones (excluding diaryl/α,β-unsaturated/α-hetero) is 1. The number of carboxylic acids is 1. The van der Waals surface area contributed by atoms with Gasteiger partial charge in [0.25, 0.3) is 0 Å². The van der Waals surface area contributed by atoms with Gasteiger partial charge < -0.3 is 51.5 Å². The van der Waals surface area contributed by atoms with Crippen LogP contribution in [0.3, 0.4) is 0 Å². The molecule has 2 aromatic carbocycles. The SMILES string of the molecule is C#CN(CC)c1cc(N2CCN(C(=O)OCc3ccc(NC(=O)[C@H](CCCNC(N)=O)n4cc(C(NC(=O)[C@H](CC(C)C)NC(=O)CCCCCN5C(=O)CCC5=O)C(C)C)nn4)cc3)CC2)c(F)cc1C(=O)CC(=O)O. The van der Waals surface area contributed by atoms with Crippen molar-refractivity contribution in [1.82, 2.24) is 40.7 Å². The van der Waals surface area contributed by atoms with Crippen molar-refractivity contribution in [3.63, 3.8) is 0 Å². The molecular weight excluding hydrogens is 1000 g/mol. The summed E-state index contributed by atoms with van der Waals surface area (Å²) in [5.74, 6) is -4.54. The minimum Gasteiger partial charge on any atom is -0.481 e. The zero-order valence-corrected chi connectivity index (χ0v) is 44.3. The number of primary amides is 1. The number of urea groups is 1. The van der Waals surface area contributed by atoms with Crippen molar-refractivity contribution in [2.75, 3.05) is 60.9 Å². The van der Waals surface area contributed by atoms with Crippen LogP contribution in [0.15, 0.2) is 42.6 Å². The molecule has 2 fully saturated rings. The Morgan fingerprint density at radius 1 is 0.922 bits per heavy atom. The number of nitrogens with two attached hydrogens (primary N) is 1. The van der Waals surface area contributed by atoms with Crippen LogP contribution in [0.1, 0.15) is 133 Å². The number of anilines is 3. The van der Waals surface area contributed by atoms with E-state index in [0.29, 0.717) is 55.6 Å². The van der Waals surface area contributed by atoms with Crippen molar-refractivity contribution >= 4 is 70.5 Å². The molecule has 416 valence electrons. The maximum Gasteiger partial charge on any atom is 0.410 e. The number of carboxylic acid groups (broad SMARTS) is 1. The van der Waals surface area contributed by atoms with Crippen molar-refractivity contribution in [3.8, 4) is 12.5 Å². The number of hydrogen-bond donors (Lipinski definition) is 6. The quantitative estimate of drug-likeness (QED) is 0.0144. The predicted octanol–water partition coefficient (Wildman–Crippen LogP) is 4.63. The van der Waals surface area contributed by atoms with Gasteiger partial charge in [-0.05, 0) is 80.7 Å². The van der Waals surface area contributed by atoms with Gasteiger partial charge in [-0.3, -0.25) is 38.5 Å². The summed E-state index contributed by atoms with van der Waals surface area (Å²) in [4.78, 5) is 119. The van der Waals surface area contributed by atoms with Crippen LogP contribution in [0.5, 0.6) is 0 Å². The first kappa shape index (κ1) is 59.8. The van der Waals surface area contributed by atoms with Crippen LogP contribution in [0, 0.1) is 30.1 Å². The van der Waals surface area contributed by atoms with Gasteiger partial charge in [0.15, 0.2) is 5.78 Å². The summed E-state index contributed by atoms with van der Waals surface area (Å²) >= 11 is 0. The average Bonchev–Trinajstić information content (AvgIpc) is 4.00. The van der Waals surface area contributed by atoms with E-state index < -0.39 is 66.1 Å². The van der Waals surface area contributed by atoms with Crippen molar-refractivity contribution in [2.45, 2.75) is 124 Å². The van der Waals surface area contributed by atoms with Crippen LogP contribution in [-0.2, 0) is 40.1 Å². The zero-order chi connectivity index (χ0) is 56.3. The number of rotatable bonds is 28. The number of ketones is 1. The number of nitrogens with one attached hydrogen (secondary N) is 4. The Morgan fingerprint density at radius 3 is 2.22 bits per heavy atom. The van der Waals surface area contributed by atoms with E-state index in [2.05, 4.69) is 37.6 Å². The second-order valence-electron chi connectivity index (χ2n) is 19.7. The van der Waals surface area contributed by atoms with Gasteiger partial charge in [-0.1, -0.05) is 57.9 Å². The van der Waals surface area contributed by atoms with E-state index >= 15 is 4.39 Å². The molecule has 3 aromatic rings. The van der Waals surface area contributed by atoms with E-state index in [0.717, 1.165) is 6.07 Å². The maximum atomic E-state index is 15.5. The molecule has 0 bridgehead atoms. The van der Waals surface area contributed by atoms with Gasteiger partial charge in [0.05, 0.1) is 23.6 Å². The number of ether oxygens (including phenoxy) is 1. The predicted molar refractivity (Wildman–Crippen MR) is 281 cm³/mol. The molecule has 2 aliphatic heterocycles. The molecule has 1 unspecified atom stereocenters. The number of terminal acetylenes is 1. The lowest BCUT2D eigenvalue weighted by Gasteiger charge is -2.36. The highest BCUT2D eigenvalue weighted by Gasteiger charge is 2.32. The summed E-state index contributed by atoms with van der Waals surface area (Å²) in [6.07, 6.45) is 9.05. The Bertz CT molecular complexity index is 2630. The number of aliphatic carboxylic acids is 1. The number of imide groups is 1. The Hall–Kier alpha value is -8.10. The first-order valence-electron chi connectivity index (χ1n) is 26.0. The number of halogens is 1. The highest BCUT2D eigenvalue weighted by Crippen LogP contribution is 2.32. The van der Waals surface area contributed by atoms with Crippen LogP contribution in [0.4, 0.5) is 31.0 Å². The number of likely N-dealkylation sites (tertiary alicyclic amines) is 1. The number of aromatic nitrogens is 3. The van der Waals surface area contributed by atoms with E-state index in [-0.39, 0.29) is 118 Å². The summed E-state index contributed by atoms with van der Waals surface area (Å²) in [5, 5.41) is 29.2. The van der Waals surface area contributed by atoms with E-state index in [4.69, 9.17) is 22.0 Å². The van der Waals surface area contributed by atoms with E-state index in [9.17, 15) is 43.2 Å². The van der Waals surface area contributed by atoms with Crippen molar-refractivity contribution in [3.05, 3.63) is 65.2 Å². The normalized spacial score (nSPS) is 14.7. The molecule has 0 aliphatic carbocycles. The number of carbonyl (C=O) groups is 9. The molecule has 2 saturated heterocycles. The fourth-order valence-corrected chi connectivity index (χ4v) is 8.97. The zero-order valence-electron chi connectivity index (χ0n) is 44.3. The monoisotopic (exact) mass is 1070 g/mol. The Balaban J connectivity index is 1.17. The summed E-state index contributed by atoms with van der Waals surface area (Å²) in [5.41, 5.74) is 6.89. The largest absolute Gasteiger partial charge is 0.481 e. The van der Waals surface area contributed by atoms with Crippen molar-refractivity contribution in [2.24, 2.45) is 17.6 Å². The van der Waals surface area contributed by atoms with Crippen molar-refractivity contribution < 1.29 is 57.4 Å². The van der Waals surface area contributed by atoms with Crippen molar-refractivity contribution in [1.29, 1.82) is 0 Å². The molecule has 1 aromatic heterocycles. The van der Waals surface area contributed by atoms with Gasteiger partial charge in [0.1, 0.15) is 36.6 Å². The fraction of sp³-hybridized carbons (Fsp3) is 0.528. The van der Waals surface area contributed by atoms with Gasteiger partial charge in [-0.2, -0.15) is 0 Å². The van der Waals surface area contributed by atoms with Gasteiger partial charge in [0.2, 0.25) is 29.5 Å². The number of amides is 8. The number of hydrogen-bond acceptors (Lipinski definition) is 14. The van der Waals surface area contributed by atoms with E-state index in [1.165, 1.54) is 25.4 Å². The maximum absolute atomic E-state index is 15.5. The molecule has 0 spiro atoms. The Morgan fingerprint density at radius 2 is 1.61 bits per heavy atom. The summed E-state index contributed by atoms with van der Waals surface area (Å²) in [7, 11) is 0. The Labute approximate surface area is 447 Å². The van der Waals surface area contributed by atoms with Gasteiger partial charge >= 0.3 is 18.1 Å². The highest BCUT2D eigenvalue weighted by atomic mass is 19.1. The minimum absolute atomic E-state index is 0.0586. The first-order valence-corrected chi connectivity index (χ1v) is 26.0. The van der Waals surface area contributed by atoms with Crippen LogP contribution in [0.25, 0.3) is 0 Å². The molecule has 0 radical (unpaired) electrons. The molecule has 0 saturated carbocycles. The molecule has 24 heteroatoms. The van der Waals surface area contributed by atoms with Crippen LogP contribution in [0.2, 0.25) is 0 Å². The number of nitrogens with zero attached hydrogens (tertiary/aromatic N) is 7. The van der Waals surface area contributed by atoms with Gasteiger partial charge in [-0.25, -0.2) is 18.7 Å². The molecule has 23 nitrogen and oxygen atoms in total. The number of carbonyl (C=O) groups excluding carboxylic acids is 8. The number of benzene rings is 2. The second-order valence-corrected chi connectivity index (χ2v) is 19.7. The molecular formula is C53H71FN12O11. The average molecular weight is 1070 g/mol. The third-order valence-corrected chi connectivity index (χ3v) is 13.1. The topological polar surface area (TPSA) is 301 Å². The third kappa shape index (κ3) is 17.5. The first-order chi connectivity index (χ1) is 36.7. The Kier molecular flexibility index (Phi) is 22.3. The third-order valence-electron chi connectivity index (χ3n) is 13.1. The lowest BCUT2D eigenvalue weighted by atomic mass is 9.98. The fourth-order valence-electron chi connectivity index (χ4n) is 8.97.